The average molecular weight is 335 g/mol. The van der Waals surface area contributed by atoms with Gasteiger partial charge in [0.15, 0.2) is 5.69 Å². The van der Waals surface area contributed by atoms with Crippen LogP contribution < -0.4 is 5.32 Å². The molecule has 106 valence electrons. The minimum atomic E-state index is -2.77. The minimum absolute atomic E-state index is 0.0221. The van der Waals surface area contributed by atoms with Crippen LogP contribution in [0.2, 0.25) is 0 Å². The fraction of sp³-hybridized carbons (Fsp3) is 0.182. The van der Waals surface area contributed by atoms with Crippen LogP contribution in [0.1, 0.15) is 17.0 Å². The van der Waals surface area contributed by atoms with Gasteiger partial charge in [-0.25, -0.2) is 13.2 Å². The second-order valence-corrected chi connectivity index (χ2v) is 5.63. The molecule has 20 heavy (non-hydrogen) atoms. The van der Waals surface area contributed by atoms with Gasteiger partial charge in [0.1, 0.15) is 15.7 Å². The molecule has 0 aliphatic rings. The second-order valence-electron chi connectivity index (χ2n) is 3.59. The highest BCUT2D eigenvalue weighted by Gasteiger charge is 2.21. The smallest absolute Gasteiger partial charge is 0.283 e. The number of thioether (sulfide) groups is 1. The number of halogens is 3. The van der Waals surface area contributed by atoms with Crippen LogP contribution in [0.25, 0.3) is 0 Å². The van der Waals surface area contributed by atoms with Gasteiger partial charge in [-0.1, -0.05) is 16.7 Å². The van der Waals surface area contributed by atoms with Crippen LogP contribution in [0.3, 0.4) is 0 Å². The first-order valence-electron chi connectivity index (χ1n) is 5.28. The zero-order valence-electron chi connectivity index (χ0n) is 10.1. The molecular formula is C11H8F3N3S3. The first kappa shape index (κ1) is 15.2. The number of benzene rings is 1. The molecule has 0 atom stereocenters. The molecule has 3 nitrogen and oxygen atoms in total. The highest BCUT2D eigenvalue weighted by Crippen LogP contribution is 2.26. The summed E-state index contributed by atoms with van der Waals surface area (Å²) in [5, 5.41) is 5.93. The summed E-state index contributed by atoms with van der Waals surface area (Å²) in [6.45, 7) is 0. The third kappa shape index (κ3) is 3.28. The molecule has 0 aliphatic heterocycles. The van der Waals surface area contributed by atoms with Gasteiger partial charge in [0.05, 0.1) is 5.69 Å². The number of thiocarbonyl (C=S) groups is 1. The topological polar surface area (TPSA) is 37.8 Å². The average Bonchev–Trinajstić information content (AvgIpc) is 2.90. The Bertz CT molecular complexity index is 630. The van der Waals surface area contributed by atoms with Crippen molar-refractivity contribution in [2.24, 2.45) is 0 Å². The Morgan fingerprint density at radius 1 is 1.45 bits per heavy atom. The summed E-state index contributed by atoms with van der Waals surface area (Å²) in [6, 6.07) is 4.55. The minimum Gasteiger partial charge on any atom is -0.343 e. The van der Waals surface area contributed by atoms with E-state index in [1.807, 2.05) is 6.26 Å². The molecule has 2 aromatic rings. The van der Waals surface area contributed by atoms with Gasteiger partial charge < -0.3 is 5.32 Å². The van der Waals surface area contributed by atoms with Crippen molar-refractivity contribution in [3.8, 4) is 0 Å². The molecule has 1 aromatic carbocycles. The maximum atomic E-state index is 13.8. The molecule has 0 unspecified atom stereocenters. The fourth-order valence-corrected chi connectivity index (χ4v) is 2.72. The largest absolute Gasteiger partial charge is 0.343 e. The van der Waals surface area contributed by atoms with Crippen molar-refractivity contribution >= 4 is 46.2 Å². The Hall–Kier alpha value is -1.19. The quantitative estimate of drug-likeness (QED) is 0.672. The summed E-state index contributed by atoms with van der Waals surface area (Å²) in [7, 11) is 0. The molecule has 0 radical (unpaired) electrons. The second kappa shape index (κ2) is 6.51. The van der Waals surface area contributed by atoms with Crippen LogP contribution in [-0.2, 0) is 0 Å². The summed E-state index contributed by atoms with van der Waals surface area (Å²) in [5.74, 6) is -0.504. The van der Waals surface area contributed by atoms with Crippen LogP contribution in [0.15, 0.2) is 23.1 Å². The van der Waals surface area contributed by atoms with Crippen molar-refractivity contribution in [3.63, 3.8) is 0 Å². The van der Waals surface area contributed by atoms with Gasteiger partial charge in [-0.05, 0) is 36.0 Å². The first-order valence-corrected chi connectivity index (χ1v) is 7.69. The summed E-state index contributed by atoms with van der Waals surface area (Å²) in [4.78, 5) is 0.779. The molecule has 0 saturated carbocycles. The molecule has 1 N–H and O–H groups in total. The van der Waals surface area contributed by atoms with Gasteiger partial charge in [-0.3, -0.25) is 0 Å². The molecule has 2 rings (SSSR count). The molecule has 1 aromatic heterocycles. The molecule has 0 fully saturated rings. The van der Waals surface area contributed by atoms with Crippen LogP contribution in [0.4, 0.5) is 18.9 Å². The van der Waals surface area contributed by atoms with Crippen LogP contribution in [0.5, 0.6) is 0 Å². The van der Waals surface area contributed by atoms with E-state index in [2.05, 4.69) is 14.9 Å². The number of aromatic nitrogens is 2. The van der Waals surface area contributed by atoms with Gasteiger partial charge >= 0.3 is 0 Å². The molecule has 0 saturated heterocycles. The Morgan fingerprint density at radius 3 is 2.80 bits per heavy atom. The standard InChI is InChI=1S/C11H8F3N3S3/c1-19-5-2-3-7(6(12)4-5)15-11(18)9-8(10(13)14)16-17-20-9/h2-4,10H,1H3,(H,15,18). The monoisotopic (exact) mass is 335 g/mol. The Morgan fingerprint density at radius 2 is 2.20 bits per heavy atom. The summed E-state index contributed by atoms with van der Waals surface area (Å²) < 4.78 is 42.6. The lowest BCUT2D eigenvalue weighted by Gasteiger charge is -2.09. The van der Waals surface area contributed by atoms with E-state index in [4.69, 9.17) is 12.2 Å². The maximum Gasteiger partial charge on any atom is 0.283 e. The first-order chi connectivity index (χ1) is 9.52. The Balaban J connectivity index is 2.21. The summed E-state index contributed by atoms with van der Waals surface area (Å²) in [5.41, 5.74) is -0.366. The molecule has 0 aliphatic carbocycles. The van der Waals surface area contributed by atoms with Crippen LogP contribution >= 0.6 is 35.5 Å². The van der Waals surface area contributed by atoms with E-state index in [0.717, 1.165) is 16.4 Å². The molecule has 0 bridgehead atoms. The number of hydrogen-bond acceptors (Lipinski definition) is 5. The molecule has 9 heteroatoms. The van der Waals surface area contributed by atoms with E-state index in [1.54, 1.807) is 6.07 Å². The van der Waals surface area contributed by atoms with Crippen molar-refractivity contribution < 1.29 is 13.2 Å². The van der Waals surface area contributed by atoms with Gasteiger partial charge in [-0.2, -0.15) is 0 Å². The fourth-order valence-electron chi connectivity index (χ4n) is 1.40. The number of alkyl halides is 2. The number of nitrogens with zero attached hydrogens (tertiary/aromatic N) is 2. The molecule has 0 amide bonds. The third-order valence-electron chi connectivity index (χ3n) is 2.35. The third-order valence-corrected chi connectivity index (χ3v) is 4.27. The summed E-state index contributed by atoms with van der Waals surface area (Å²) in [6.07, 6.45) is -0.947. The van der Waals surface area contributed by atoms with Crippen molar-refractivity contribution in [2.75, 3.05) is 11.6 Å². The van der Waals surface area contributed by atoms with Crippen molar-refractivity contribution in [3.05, 3.63) is 34.6 Å². The van der Waals surface area contributed by atoms with Crippen molar-refractivity contribution in [2.45, 2.75) is 11.3 Å². The number of anilines is 1. The molecule has 1 heterocycles. The predicted octanol–water partition coefficient (Wildman–Crippen LogP) is 4.12. The molecular weight excluding hydrogens is 327 g/mol. The predicted molar refractivity (Wildman–Crippen MR) is 78.4 cm³/mol. The van der Waals surface area contributed by atoms with Crippen molar-refractivity contribution in [1.82, 2.24) is 9.59 Å². The lowest BCUT2D eigenvalue weighted by atomic mass is 10.3. The van der Waals surface area contributed by atoms with E-state index in [0.29, 0.717) is 0 Å². The SMILES string of the molecule is CSc1ccc(NC(=S)c2snnc2C(F)F)c(F)c1. The zero-order valence-corrected chi connectivity index (χ0v) is 12.5. The van der Waals surface area contributed by atoms with Gasteiger partial charge in [-0.15, -0.1) is 16.9 Å². The Kier molecular flexibility index (Phi) is 4.95. The zero-order chi connectivity index (χ0) is 14.7. The van der Waals surface area contributed by atoms with Crippen molar-refractivity contribution in [1.29, 1.82) is 0 Å². The molecule has 0 spiro atoms. The number of nitrogens with one attached hydrogen (secondary N) is 1. The van der Waals surface area contributed by atoms with E-state index < -0.39 is 17.9 Å². The van der Waals surface area contributed by atoms with E-state index in [1.165, 1.54) is 23.9 Å². The van der Waals surface area contributed by atoms with E-state index >= 15 is 0 Å². The maximum absolute atomic E-state index is 13.8. The van der Waals surface area contributed by atoms with Gasteiger partial charge in [0.25, 0.3) is 6.43 Å². The number of hydrogen-bond donors (Lipinski definition) is 1. The lowest BCUT2D eigenvalue weighted by Crippen LogP contribution is -2.12. The van der Waals surface area contributed by atoms with Gasteiger partial charge in [0, 0.05) is 4.90 Å². The van der Waals surface area contributed by atoms with Crippen LogP contribution in [-0.4, -0.2) is 20.8 Å². The Labute approximate surface area is 126 Å². The summed E-state index contributed by atoms with van der Waals surface area (Å²) >= 11 is 7.14. The van der Waals surface area contributed by atoms with E-state index in [-0.39, 0.29) is 15.6 Å². The normalized spacial score (nSPS) is 10.8. The highest BCUT2D eigenvalue weighted by molar-refractivity contribution is 7.98. The number of rotatable bonds is 4. The van der Waals surface area contributed by atoms with Crippen LogP contribution in [0, 0.1) is 5.82 Å². The van der Waals surface area contributed by atoms with Gasteiger partial charge in [0.2, 0.25) is 0 Å². The lowest BCUT2D eigenvalue weighted by molar-refractivity contribution is 0.146. The van der Waals surface area contributed by atoms with E-state index in [9.17, 15) is 13.2 Å². The highest BCUT2D eigenvalue weighted by atomic mass is 32.2.